The van der Waals surface area contributed by atoms with Crippen molar-refractivity contribution in [3.8, 4) is 0 Å². The Morgan fingerprint density at radius 1 is 1.82 bits per heavy atom. The smallest absolute Gasteiger partial charge is 0.320 e. The first-order valence-electron chi connectivity index (χ1n) is 3.81. The van der Waals surface area contributed by atoms with Gasteiger partial charge in [0.1, 0.15) is 6.04 Å². The molecule has 0 spiro atoms. The molecule has 11 heavy (non-hydrogen) atoms. The van der Waals surface area contributed by atoms with Crippen molar-refractivity contribution < 1.29 is 14.6 Å². The van der Waals surface area contributed by atoms with Gasteiger partial charge in [-0.25, -0.2) is 0 Å². The molecule has 1 rings (SSSR count). The van der Waals surface area contributed by atoms with Crippen molar-refractivity contribution in [2.24, 2.45) is 0 Å². The van der Waals surface area contributed by atoms with E-state index in [2.05, 4.69) is 5.32 Å². The first kappa shape index (κ1) is 8.49. The van der Waals surface area contributed by atoms with Crippen LogP contribution >= 0.6 is 0 Å². The first-order chi connectivity index (χ1) is 5.24. The number of rotatable bonds is 3. The Bertz CT molecular complexity index is 149. The van der Waals surface area contributed by atoms with Crippen LogP contribution in [0.3, 0.4) is 0 Å². The molecule has 4 heteroatoms. The third-order valence-corrected chi connectivity index (χ3v) is 1.79. The minimum atomic E-state index is -0.785. The Balaban J connectivity index is 2.29. The summed E-state index contributed by atoms with van der Waals surface area (Å²) in [6.07, 6.45) is 0.671. The van der Waals surface area contributed by atoms with Gasteiger partial charge in [-0.2, -0.15) is 0 Å². The number of carbonyl (C=O) groups is 1. The average molecular weight is 159 g/mol. The topological polar surface area (TPSA) is 58.6 Å². The fraction of sp³-hybridized carbons (Fsp3) is 0.857. The second-order valence-corrected chi connectivity index (χ2v) is 2.61. The predicted octanol–water partition coefficient (Wildman–Crippen LogP) is -0.162. The van der Waals surface area contributed by atoms with Crippen molar-refractivity contribution in [1.82, 2.24) is 5.32 Å². The summed E-state index contributed by atoms with van der Waals surface area (Å²) in [5.74, 6) is -0.785. The summed E-state index contributed by atoms with van der Waals surface area (Å²) in [5.41, 5.74) is 0. The lowest BCUT2D eigenvalue weighted by Crippen LogP contribution is -2.29. The molecule has 0 aromatic heterocycles. The molecule has 1 fully saturated rings. The monoisotopic (exact) mass is 159 g/mol. The molecular weight excluding hydrogens is 146 g/mol. The van der Waals surface area contributed by atoms with Gasteiger partial charge >= 0.3 is 5.97 Å². The maximum Gasteiger partial charge on any atom is 0.320 e. The molecule has 0 aromatic rings. The summed E-state index contributed by atoms with van der Waals surface area (Å²) >= 11 is 0. The summed E-state index contributed by atoms with van der Waals surface area (Å²) in [4.78, 5) is 10.4. The highest BCUT2D eigenvalue weighted by Crippen LogP contribution is 2.09. The Morgan fingerprint density at radius 2 is 2.55 bits per heavy atom. The molecule has 1 unspecified atom stereocenters. The molecule has 1 saturated heterocycles. The molecular formula is C7H13NO3. The largest absolute Gasteiger partial charge is 0.480 e. The number of nitrogens with one attached hydrogen (secondary N) is 1. The summed E-state index contributed by atoms with van der Waals surface area (Å²) in [5, 5.41) is 11.4. The number of ether oxygens (including phenoxy) is 1. The molecule has 2 N–H and O–H groups in total. The second-order valence-electron chi connectivity index (χ2n) is 2.61. The molecule has 0 saturated carbocycles. The van der Waals surface area contributed by atoms with E-state index < -0.39 is 12.0 Å². The summed E-state index contributed by atoms with van der Waals surface area (Å²) in [6, 6.07) is -0.411. The van der Waals surface area contributed by atoms with Crippen molar-refractivity contribution in [3.63, 3.8) is 0 Å². The SMILES string of the molecule is CCOC1CN[C@H](C(=O)O)C1. The van der Waals surface area contributed by atoms with E-state index in [1.807, 2.05) is 6.92 Å². The van der Waals surface area contributed by atoms with E-state index in [4.69, 9.17) is 9.84 Å². The summed E-state index contributed by atoms with van der Waals surface area (Å²) in [7, 11) is 0. The highest BCUT2D eigenvalue weighted by Gasteiger charge is 2.28. The Hall–Kier alpha value is -0.610. The van der Waals surface area contributed by atoms with Gasteiger partial charge in [0.15, 0.2) is 0 Å². The minimum absolute atomic E-state index is 0.0844. The number of hydrogen-bond donors (Lipinski definition) is 2. The van der Waals surface area contributed by atoms with Gasteiger partial charge in [-0.3, -0.25) is 4.79 Å². The maximum atomic E-state index is 10.4. The highest BCUT2D eigenvalue weighted by atomic mass is 16.5. The summed E-state index contributed by atoms with van der Waals surface area (Å²) in [6.45, 7) is 3.22. The third kappa shape index (κ3) is 2.17. The van der Waals surface area contributed by atoms with Crippen LogP contribution in [0.2, 0.25) is 0 Å². The van der Waals surface area contributed by atoms with E-state index >= 15 is 0 Å². The van der Waals surface area contributed by atoms with Crippen molar-refractivity contribution >= 4 is 5.97 Å². The van der Waals surface area contributed by atoms with Gasteiger partial charge in [-0.1, -0.05) is 0 Å². The van der Waals surface area contributed by atoms with E-state index in [0.29, 0.717) is 19.6 Å². The molecule has 2 atom stereocenters. The van der Waals surface area contributed by atoms with Crippen molar-refractivity contribution in [2.75, 3.05) is 13.2 Å². The number of hydrogen-bond acceptors (Lipinski definition) is 3. The third-order valence-electron chi connectivity index (χ3n) is 1.79. The lowest BCUT2D eigenvalue weighted by atomic mass is 10.2. The van der Waals surface area contributed by atoms with Gasteiger partial charge < -0.3 is 15.2 Å². The van der Waals surface area contributed by atoms with E-state index in [0.717, 1.165) is 0 Å². The molecule has 0 radical (unpaired) electrons. The number of carboxylic acid groups (broad SMARTS) is 1. The van der Waals surface area contributed by atoms with Crippen LogP contribution in [0.5, 0.6) is 0 Å². The molecule has 1 aliphatic rings. The van der Waals surface area contributed by atoms with Crippen molar-refractivity contribution in [3.05, 3.63) is 0 Å². The molecule has 4 nitrogen and oxygen atoms in total. The standard InChI is InChI=1S/C7H13NO3/c1-2-11-5-3-6(7(9)10)8-4-5/h5-6,8H,2-4H2,1H3,(H,9,10)/t5?,6-/m0/s1. The van der Waals surface area contributed by atoms with Crippen LogP contribution < -0.4 is 5.32 Å². The number of aliphatic carboxylic acids is 1. The van der Waals surface area contributed by atoms with E-state index in [9.17, 15) is 4.79 Å². The van der Waals surface area contributed by atoms with Gasteiger partial charge in [0.25, 0.3) is 0 Å². The van der Waals surface area contributed by atoms with E-state index in [1.54, 1.807) is 0 Å². The van der Waals surface area contributed by atoms with Crippen molar-refractivity contribution in [1.29, 1.82) is 0 Å². The zero-order chi connectivity index (χ0) is 8.27. The molecule has 64 valence electrons. The van der Waals surface area contributed by atoms with Gasteiger partial charge in [-0.05, 0) is 6.92 Å². The molecule has 1 aliphatic heterocycles. The molecule has 0 amide bonds. The Kier molecular flexibility index (Phi) is 2.84. The van der Waals surface area contributed by atoms with Crippen molar-refractivity contribution in [2.45, 2.75) is 25.5 Å². The lowest BCUT2D eigenvalue weighted by molar-refractivity contribution is -0.139. The fourth-order valence-corrected chi connectivity index (χ4v) is 1.25. The number of carboxylic acids is 1. The predicted molar refractivity (Wildman–Crippen MR) is 39.5 cm³/mol. The van der Waals surface area contributed by atoms with Crippen LogP contribution in [0.25, 0.3) is 0 Å². The first-order valence-corrected chi connectivity index (χ1v) is 3.81. The molecule has 0 aromatic carbocycles. The molecule has 0 bridgehead atoms. The maximum absolute atomic E-state index is 10.4. The van der Waals surface area contributed by atoms with Gasteiger partial charge in [0.05, 0.1) is 6.10 Å². The van der Waals surface area contributed by atoms with E-state index in [1.165, 1.54) is 0 Å². The zero-order valence-corrected chi connectivity index (χ0v) is 6.54. The van der Waals surface area contributed by atoms with E-state index in [-0.39, 0.29) is 6.10 Å². The Morgan fingerprint density at radius 3 is 3.00 bits per heavy atom. The van der Waals surface area contributed by atoms with Crippen LogP contribution in [-0.4, -0.2) is 36.4 Å². The van der Waals surface area contributed by atoms with Crippen LogP contribution in [0.1, 0.15) is 13.3 Å². The van der Waals surface area contributed by atoms with Crippen LogP contribution in [0.15, 0.2) is 0 Å². The zero-order valence-electron chi connectivity index (χ0n) is 6.54. The molecule has 0 aliphatic carbocycles. The van der Waals surface area contributed by atoms with Gasteiger partial charge in [-0.15, -0.1) is 0 Å². The second kappa shape index (κ2) is 3.69. The highest BCUT2D eigenvalue weighted by molar-refractivity contribution is 5.73. The van der Waals surface area contributed by atoms with Gasteiger partial charge in [0.2, 0.25) is 0 Å². The minimum Gasteiger partial charge on any atom is -0.480 e. The van der Waals surface area contributed by atoms with Crippen LogP contribution in [0, 0.1) is 0 Å². The molecule has 1 heterocycles. The normalized spacial score (nSPS) is 30.6. The lowest BCUT2D eigenvalue weighted by Gasteiger charge is -2.06. The average Bonchev–Trinajstić information content (AvgIpc) is 2.37. The quantitative estimate of drug-likeness (QED) is 0.600. The Labute approximate surface area is 65.5 Å². The van der Waals surface area contributed by atoms with Crippen LogP contribution in [-0.2, 0) is 9.53 Å². The van der Waals surface area contributed by atoms with Gasteiger partial charge in [0, 0.05) is 19.6 Å². The van der Waals surface area contributed by atoms with Crippen LogP contribution in [0.4, 0.5) is 0 Å². The fourth-order valence-electron chi connectivity index (χ4n) is 1.25. The summed E-state index contributed by atoms with van der Waals surface area (Å²) < 4.78 is 5.26.